The van der Waals surface area contributed by atoms with Crippen LogP contribution in [0.3, 0.4) is 0 Å². The quantitative estimate of drug-likeness (QED) is 0.680. The van der Waals surface area contributed by atoms with E-state index in [1.54, 1.807) is 35.1 Å². The Hall–Kier alpha value is -1.63. The minimum atomic E-state index is -0.180. The zero-order valence-electron chi connectivity index (χ0n) is 10.3. The number of nitrogens with one attached hydrogen (secondary N) is 2. The van der Waals surface area contributed by atoms with Crippen molar-refractivity contribution in [3.8, 4) is 0 Å². The number of halogens is 1. The van der Waals surface area contributed by atoms with Gasteiger partial charge in [0.25, 0.3) is 0 Å². The second-order valence-electron chi connectivity index (χ2n) is 3.92. The zero-order chi connectivity index (χ0) is 13.8. The minimum absolute atomic E-state index is 0.180. The highest BCUT2D eigenvalue weighted by atomic mass is 35.5. The summed E-state index contributed by atoms with van der Waals surface area (Å²) in [4.78, 5) is 8.50. The first kappa shape index (κ1) is 13.4. The van der Waals surface area contributed by atoms with Crippen molar-refractivity contribution in [1.29, 1.82) is 0 Å². The van der Waals surface area contributed by atoms with Crippen molar-refractivity contribution < 1.29 is 0 Å². The maximum absolute atomic E-state index is 6.29. The van der Waals surface area contributed by atoms with E-state index in [1.165, 1.54) is 0 Å². The molecule has 3 aromatic rings. The lowest BCUT2D eigenvalue weighted by atomic mass is 10.2. The Balaban J connectivity index is 1.88. The smallest absolute Gasteiger partial charge is 0.184 e. The van der Waals surface area contributed by atoms with Crippen molar-refractivity contribution in [3.05, 3.63) is 58.0 Å². The summed E-state index contributed by atoms with van der Waals surface area (Å²) in [6.07, 6.45) is 3.35. The molecule has 0 saturated carbocycles. The van der Waals surface area contributed by atoms with E-state index in [0.717, 1.165) is 15.8 Å². The predicted molar refractivity (Wildman–Crippen MR) is 85.7 cm³/mol. The van der Waals surface area contributed by atoms with Gasteiger partial charge in [-0.1, -0.05) is 29.8 Å². The van der Waals surface area contributed by atoms with Crippen LogP contribution in [0, 0.1) is 0 Å². The molecule has 4 nitrogen and oxygen atoms in total. The van der Waals surface area contributed by atoms with Crippen LogP contribution in [0.1, 0.15) is 11.7 Å². The SMILES string of the molecule is Clc1ccccc1C(Nc1nccs1)Nc1nccs1. The maximum atomic E-state index is 6.29. The van der Waals surface area contributed by atoms with E-state index < -0.39 is 0 Å². The van der Waals surface area contributed by atoms with Crippen LogP contribution < -0.4 is 10.6 Å². The van der Waals surface area contributed by atoms with Crippen LogP contribution in [0.4, 0.5) is 10.3 Å². The highest BCUT2D eigenvalue weighted by Gasteiger charge is 2.16. The van der Waals surface area contributed by atoms with Crippen molar-refractivity contribution in [1.82, 2.24) is 9.97 Å². The lowest BCUT2D eigenvalue weighted by molar-refractivity contribution is 0.896. The van der Waals surface area contributed by atoms with Gasteiger partial charge >= 0.3 is 0 Å². The Morgan fingerprint density at radius 3 is 2.05 bits per heavy atom. The molecule has 2 N–H and O–H groups in total. The molecule has 0 radical (unpaired) electrons. The number of hydrogen-bond donors (Lipinski definition) is 2. The minimum Gasteiger partial charge on any atom is -0.338 e. The standard InChI is InChI=1S/C13H11ClN4S2/c14-10-4-2-1-3-9(10)11(17-12-15-5-7-19-12)18-13-16-6-8-20-13/h1-8,11H,(H,15,17)(H,16,18). The van der Waals surface area contributed by atoms with Gasteiger partial charge in [0.2, 0.25) is 0 Å². The molecule has 3 rings (SSSR count). The average Bonchev–Trinajstić information content (AvgIpc) is 3.12. The molecule has 0 bridgehead atoms. The van der Waals surface area contributed by atoms with Gasteiger partial charge in [-0.05, 0) is 6.07 Å². The fraction of sp³-hybridized carbons (Fsp3) is 0.0769. The topological polar surface area (TPSA) is 49.8 Å². The fourth-order valence-electron chi connectivity index (χ4n) is 1.74. The lowest BCUT2D eigenvalue weighted by Crippen LogP contribution is -2.20. The number of rotatable bonds is 5. The normalized spacial score (nSPS) is 10.7. The van der Waals surface area contributed by atoms with Crippen molar-refractivity contribution >= 4 is 44.5 Å². The van der Waals surface area contributed by atoms with Gasteiger partial charge < -0.3 is 10.6 Å². The molecule has 0 aliphatic rings. The third kappa shape index (κ3) is 3.09. The largest absolute Gasteiger partial charge is 0.338 e. The Morgan fingerprint density at radius 2 is 1.55 bits per heavy atom. The number of nitrogens with zero attached hydrogens (tertiary/aromatic N) is 2. The Labute approximate surface area is 129 Å². The highest BCUT2D eigenvalue weighted by molar-refractivity contribution is 7.14. The van der Waals surface area contributed by atoms with Crippen LogP contribution in [0.2, 0.25) is 5.02 Å². The average molecular weight is 323 g/mol. The molecule has 0 atom stereocenters. The molecular formula is C13H11ClN4S2. The number of hydrogen-bond acceptors (Lipinski definition) is 6. The molecule has 1 aromatic carbocycles. The number of benzene rings is 1. The van der Waals surface area contributed by atoms with E-state index in [1.807, 2.05) is 35.0 Å². The molecule has 20 heavy (non-hydrogen) atoms. The predicted octanol–water partition coefficient (Wildman–Crippen LogP) is 4.48. The van der Waals surface area contributed by atoms with Gasteiger partial charge in [-0.3, -0.25) is 0 Å². The van der Waals surface area contributed by atoms with E-state index in [0.29, 0.717) is 5.02 Å². The van der Waals surface area contributed by atoms with Crippen molar-refractivity contribution in [2.24, 2.45) is 0 Å². The summed E-state index contributed by atoms with van der Waals surface area (Å²) < 4.78 is 0. The molecule has 0 spiro atoms. The van der Waals surface area contributed by atoms with Gasteiger partial charge in [-0.15, -0.1) is 22.7 Å². The first-order valence-corrected chi connectivity index (χ1v) is 8.03. The van der Waals surface area contributed by atoms with Gasteiger partial charge in [0.1, 0.15) is 6.17 Å². The second-order valence-corrected chi connectivity index (χ2v) is 6.11. The monoisotopic (exact) mass is 322 g/mol. The first-order chi connectivity index (χ1) is 9.83. The molecule has 0 saturated heterocycles. The highest BCUT2D eigenvalue weighted by Crippen LogP contribution is 2.28. The number of thiazole rings is 2. The van der Waals surface area contributed by atoms with E-state index in [2.05, 4.69) is 20.6 Å². The van der Waals surface area contributed by atoms with E-state index >= 15 is 0 Å². The molecule has 0 aliphatic carbocycles. The van der Waals surface area contributed by atoms with Crippen LogP contribution in [0.25, 0.3) is 0 Å². The van der Waals surface area contributed by atoms with Gasteiger partial charge in [-0.2, -0.15) is 0 Å². The Bertz CT molecular complexity index is 619. The molecule has 102 valence electrons. The molecular weight excluding hydrogens is 312 g/mol. The Morgan fingerprint density at radius 1 is 0.950 bits per heavy atom. The van der Waals surface area contributed by atoms with Crippen LogP contribution in [-0.2, 0) is 0 Å². The van der Waals surface area contributed by atoms with Crippen molar-refractivity contribution in [2.75, 3.05) is 10.6 Å². The molecule has 7 heteroatoms. The van der Waals surface area contributed by atoms with E-state index in [4.69, 9.17) is 11.6 Å². The van der Waals surface area contributed by atoms with Crippen LogP contribution in [0.5, 0.6) is 0 Å². The third-order valence-electron chi connectivity index (χ3n) is 2.62. The van der Waals surface area contributed by atoms with Crippen molar-refractivity contribution in [3.63, 3.8) is 0 Å². The van der Waals surface area contributed by atoms with Crippen LogP contribution >= 0.6 is 34.3 Å². The Kier molecular flexibility index (Phi) is 4.15. The molecule has 0 fully saturated rings. The summed E-state index contributed by atoms with van der Waals surface area (Å²) in [6.45, 7) is 0. The second kappa shape index (κ2) is 6.21. The van der Waals surface area contributed by atoms with Gasteiger partial charge in [-0.25, -0.2) is 9.97 Å². The summed E-state index contributed by atoms with van der Waals surface area (Å²) in [5, 5.41) is 12.9. The van der Waals surface area contributed by atoms with E-state index in [-0.39, 0.29) is 6.17 Å². The zero-order valence-corrected chi connectivity index (χ0v) is 12.7. The van der Waals surface area contributed by atoms with Crippen LogP contribution in [-0.4, -0.2) is 9.97 Å². The number of anilines is 2. The summed E-state index contributed by atoms with van der Waals surface area (Å²) in [6, 6.07) is 7.72. The first-order valence-electron chi connectivity index (χ1n) is 5.89. The fourth-order valence-corrected chi connectivity index (χ4v) is 3.10. The molecule has 0 aliphatic heterocycles. The summed E-state index contributed by atoms with van der Waals surface area (Å²) in [5.41, 5.74) is 0.958. The van der Waals surface area contributed by atoms with Gasteiger partial charge in [0, 0.05) is 33.7 Å². The van der Waals surface area contributed by atoms with Gasteiger partial charge in [0.05, 0.1) is 0 Å². The maximum Gasteiger partial charge on any atom is 0.184 e. The summed E-state index contributed by atoms with van der Waals surface area (Å²) >= 11 is 9.37. The molecule has 0 amide bonds. The van der Waals surface area contributed by atoms with Gasteiger partial charge in [0.15, 0.2) is 10.3 Å². The number of aromatic nitrogens is 2. The molecule has 0 unspecified atom stereocenters. The third-order valence-corrected chi connectivity index (χ3v) is 4.37. The molecule has 2 heterocycles. The molecule has 2 aromatic heterocycles. The lowest BCUT2D eigenvalue weighted by Gasteiger charge is -2.20. The summed E-state index contributed by atoms with van der Waals surface area (Å²) in [5.74, 6) is 0. The van der Waals surface area contributed by atoms with Crippen molar-refractivity contribution in [2.45, 2.75) is 6.17 Å². The van der Waals surface area contributed by atoms with Crippen LogP contribution in [0.15, 0.2) is 47.4 Å². The van der Waals surface area contributed by atoms with E-state index in [9.17, 15) is 0 Å². The summed E-state index contributed by atoms with van der Waals surface area (Å²) in [7, 11) is 0.